The van der Waals surface area contributed by atoms with Crippen LogP contribution < -0.4 is 5.32 Å². The van der Waals surface area contributed by atoms with Gasteiger partial charge in [0, 0.05) is 18.1 Å². The number of benzene rings is 2. The fourth-order valence-corrected chi connectivity index (χ4v) is 3.16. The number of nitrogens with one attached hydrogen (secondary N) is 1. The number of aryl methyl sites for hydroxylation is 1. The van der Waals surface area contributed by atoms with Crippen LogP contribution in [0.15, 0.2) is 54.9 Å². The van der Waals surface area contributed by atoms with Crippen LogP contribution in [0.1, 0.15) is 21.5 Å². The molecule has 0 aliphatic heterocycles. The molecule has 1 heterocycles. The summed E-state index contributed by atoms with van der Waals surface area (Å²) in [6.07, 6.45) is 1.48. The summed E-state index contributed by atoms with van der Waals surface area (Å²) in [5, 5.41) is 14.0. The number of nitrogens with zero attached hydrogens (tertiary/aromatic N) is 4. The van der Waals surface area contributed by atoms with Crippen molar-refractivity contribution in [2.45, 2.75) is 12.7 Å². The van der Waals surface area contributed by atoms with Crippen LogP contribution in [0, 0.1) is 6.92 Å². The van der Waals surface area contributed by atoms with Gasteiger partial charge in [-0.3, -0.25) is 4.79 Å². The SMILES string of the molecule is Cc1ccc(CSCCNC(=O)c2ccccc2-n2cnnn2)cc1. The Morgan fingerprint density at radius 2 is 1.96 bits per heavy atom. The average Bonchev–Trinajstić information content (AvgIpc) is 3.17. The van der Waals surface area contributed by atoms with Gasteiger partial charge in [0.2, 0.25) is 0 Å². The van der Waals surface area contributed by atoms with Gasteiger partial charge < -0.3 is 5.32 Å². The van der Waals surface area contributed by atoms with Crippen LogP contribution in [0.2, 0.25) is 0 Å². The van der Waals surface area contributed by atoms with Crippen LogP contribution in [-0.4, -0.2) is 38.4 Å². The minimum absolute atomic E-state index is 0.123. The Kier molecular flexibility index (Phi) is 5.79. The van der Waals surface area contributed by atoms with E-state index in [2.05, 4.69) is 52.0 Å². The van der Waals surface area contributed by atoms with Crippen molar-refractivity contribution in [2.24, 2.45) is 0 Å². The van der Waals surface area contributed by atoms with Crippen molar-refractivity contribution in [1.29, 1.82) is 0 Å². The first kappa shape index (κ1) is 17.2. The number of tetrazole rings is 1. The molecule has 1 aromatic heterocycles. The van der Waals surface area contributed by atoms with Crippen molar-refractivity contribution in [3.63, 3.8) is 0 Å². The topological polar surface area (TPSA) is 72.7 Å². The zero-order valence-electron chi connectivity index (χ0n) is 13.9. The first-order valence-electron chi connectivity index (χ1n) is 7.98. The molecule has 7 heteroatoms. The van der Waals surface area contributed by atoms with Crippen LogP contribution in [-0.2, 0) is 5.75 Å². The van der Waals surface area contributed by atoms with Crippen LogP contribution in [0.25, 0.3) is 5.69 Å². The monoisotopic (exact) mass is 353 g/mol. The Hall–Kier alpha value is -2.67. The molecular weight excluding hydrogens is 334 g/mol. The molecule has 6 nitrogen and oxygen atoms in total. The molecule has 0 radical (unpaired) electrons. The van der Waals surface area contributed by atoms with E-state index in [9.17, 15) is 4.79 Å². The highest BCUT2D eigenvalue weighted by Gasteiger charge is 2.12. The summed E-state index contributed by atoms with van der Waals surface area (Å²) in [6, 6.07) is 15.8. The molecule has 2 aromatic carbocycles. The molecule has 0 aliphatic rings. The minimum Gasteiger partial charge on any atom is -0.351 e. The maximum atomic E-state index is 12.4. The van der Waals surface area contributed by atoms with Gasteiger partial charge in [-0.25, -0.2) is 0 Å². The van der Waals surface area contributed by atoms with Crippen molar-refractivity contribution in [3.8, 4) is 5.69 Å². The van der Waals surface area contributed by atoms with E-state index in [1.807, 2.05) is 18.2 Å². The smallest absolute Gasteiger partial charge is 0.253 e. The second-order valence-corrected chi connectivity index (χ2v) is 6.67. The Morgan fingerprint density at radius 1 is 1.16 bits per heavy atom. The van der Waals surface area contributed by atoms with Gasteiger partial charge in [0.25, 0.3) is 5.91 Å². The van der Waals surface area contributed by atoms with Crippen molar-refractivity contribution in [2.75, 3.05) is 12.3 Å². The normalized spacial score (nSPS) is 10.6. The lowest BCUT2D eigenvalue weighted by molar-refractivity contribution is 0.0956. The number of carbonyl (C=O) groups excluding carboxylic acids is 1. The van der Waals surface area contributed by atoms with Crippen molar-refractivity contribution < 1.29 is 4.79 Å². The van der Waals surface area contributed by atoms with Crippen molar-refractivity contribution >= 4 is 17.7 Å². The van der Waals surface area contributed by atoms with E-state index >= 15 is 0 Å². The minimum atomic E-state index is -0.123. The van der Waals surface area contributed by atoms with Gasteiger partial charge in [-0.1, -0.05) is 42.0 Å². The summed E-state index contributed by atoms with van der Waals surface area (Å²) in [5.74, 6) is 1.67. The average molecular weight is 353 g/mol. The second-order valence-electron chi connectivity index (χ2n) is 5.57. The van der Waals surface area contributed by atoms with E-state index in [1.165, 1.54) is 22.1 Å². The number of hydrogen-bond acceptors (Lipinski definition) is 5. The number of para-hydroxylation sites is 1. The summed E-state index contributed by atoms with van der Waals surface area (Å²) in [6.45, 7) is 2.69. The summed E-state index contributed by atoms with van der Waals surface area (Å²) in [5.41, 5.74) is 3.78. The third-order valence-electron chi connectivity index (χ3n) is 3.67. The van der Waals surface area contributed by atoms with E-state index in [4.69, 9.17) is 0 Å². The molecule has 3 rings (SSSR count). The summed E-state index contributed by atoms with van der Waals surface area (Å²) >= 11 is 1.80. The lowest BCUT2D eigenvalue weighted by Crippen LogP contribution is -2.27. The predicted octanol–water partition coefficient (Wildman–Crippen LogP) is 2.63. The van der Waals surface area contributed by atoms with Crippen LogP contribution >= 0.6 is 11.8 Å². The van der Waals surface area contributed by atoms with Gasteiger partial charge in [0.05, 0.1) is 11.3 Å². The lowest BCUT2D eigenvalue weighted by Gasteiger charge is -2.09. The first-order valence-corrected chi connectivity index (χ1v) is 9.13. The molecule has 3 aromatic rings. The van der Waals surface area contributed by atoms with Crippen LogP contribution in [0.3, 0.4) is 0 Å². The van der Waals surface area contributed by atoms with Crippen molar-refractivity contribution in [1.82, 2.24) is 25.5 Å². The second kappa shape index (κ2) is 8.43. The van der Waals surface area contributed by atoms with E-state index in [0.717, 1.165) is 11.5 Å². The summed E-state index contributed by atoms with van der Waals surface area (Å²) in [7, 11) is 0. The fourth-order valence-electron chi connectivity index (χ4n) is 2.34. The van der Waals surface area contributed by atoms with Gasteiger partial charge in [-0.15, -0.1) is 5.10 Å². The molecule has 0 saturated heterocycles. The molecule has 0 aliphatic carbocycles. The third-order valence-corrected chi connectivity index (χ3v) is 4.70. The molecular formula is C18H19N5OS. The Labute approximate surface area is 150 Å². The Bertz CT molecular complexity index is 818. The van der Waals surface area contributed by atoms with E-state index < -0.39 is 0 Å². The largest absolute Gasteiger partial charge is 0.351 e. The highest BCUT2D eigenvalue weighted by molar-refractivity contribution is 7.98. The molecule has 0 unspecified atom stereocenters. The number of thioether (sulfide) groups is 1. The maximum absolute atomic E-state index is 12.4. The Morgan fingerprint density at radius 3 is 2.72 bits per heavy atom. The van der Waals surface area contributed by atoms with Gasteiger partial charge in [-0.2, -0.15) is 16.4 Å². The van der Waals surface area contributed by atoms with Gasteiger partial charge >= 0.3 is 0 Å². The number of hydrogen-bond donors (Lipinski definition) is 1. The van der Waals surface area contributed by atoms with Gasteiger partial charge in [0.1, 0.15) is 6.33 Å². The van der Waals surface area contributed by atoms with Crippen LogP contribution in [0.4, 0.5) is 0 Å². The third kappa shape index (κ3) is 4.67. The summed E-state index contributed by atoms with van der Waals surface area (Å²) in [4.78, 5) is 12.4. The predicted molar refractivity (Wildman–Crippen MR) is 98.8 cm³/mol. The van der Waals surface area contributed by atoms with Crippen LogP contribution in [0.5, 0.6) is 0 Å². The number of aromatic nitrogens is 4. The highest BCUT2D eigenvalue weighted by atomic mass is 32.2. The molecule has 0 spiro atoms. The molecule has 0 bridgehead atoms. The zero-order valence-corrected chi connectivity index (χ0v) is 14.7. The highest BCUT2D eigenvalue weighted by Crippen LogP contribution is 2.14. The molecule has 25 heavy (non-hydrogen) atoms. The number of amides is 1. The maximum Gasteiger partial charge on any atom is 0.253 e. The van der Waals surface area contributed by atoms with Gasteiger partial charge in [0.15, 0.2) is 0 Å². The molecule has 0 atom stereocenters. The number of carbonyl (C=O) groups is 1. The van der Waals surface area contributed by atoms with E-state index in [1.54, 1.807) is 17.8 Å². The standard InChI is InChI=1S/C18H19N5OS/c1-14-6-8-15(9-7-14)12-25-11-10-19-18(24)16-4-2-3-5-17(16)23-13-20-21-22-23/h2-9,13H,10-12H2,1H3,(H,19,24). The summed E-state index contributed by atoms with van der Waals surface area (Å²) < 4.78 is 1.49. The zero-order chi connectivity index (χ0) is 17.5. The molecule has 1 amide bonds. The molecule has 0 saturated carbocycles. The van der Waals surface area contributed by atoms with Crippen molar-refractivity contribution in [3.05, 3.63) is 71.5 Å². The quantitative estimate of drug-likeness (QED) is 0.661. The first-order chi connectivity index (χ1) is 12.2. The molecule has 0 fully saturated rings. The van der Waals surface area contributed by atoms with E-state index in [0.29, 0.717) is 17.8 Å². The lowest BCUT2D eigenvalue weighted by atomic mass is 10.1. The van der Waals surface area contributed by atoms with E-state index in [-0.39, 0.29) is 5.91 Å². The molecule has 128 valence electrons. The number of rotatable bonds is 7. The molecule has 1 N–H and O–H groups in total. The fraction of sp³-hybridized carbons (Fsp3) is 0.222. The van der Waals surface area contributed by atoms with Gasteiger partial charge in [-0.05, 0) is 35.0 Å². The Balaban J connectivity index is 1.49.